The lowest BCUT2D eigenvalue weighted by Crippen LogP contribution is -2.37. The van der Waals surface area contributed by atoms with Crippen molar-refractivity contribution in [2.24, 2.45) is 0 Å². The highest BCUT2D eigenvalue weighted by Gasteiger charge is 2.47. The van der Waals surface area contributed by atoms with Crippen molar-refractivity contribution in [1.29, 1.82) is 0 Å². The zero-order chi connectivity index (χ0) is 20.6. The first-order valence-corrected chi connectivity index (χ1v) is 10.2. The number of fused-ring (bicyclic) bond motifs is 1. The molecule has 4 rings (SSSR count). The summed E-state index contributed by atoms with van der Waals surface area (Å²) in [7, 11) is 0. The van der Waals surface area contributed by atoms with Gasteiger partial charge in [0.15, 0.2) is 6.04 Å². The Morgan fingerprint density at radius 2 is 2.10 bits per heavy atom. The summed E-state index contributed by atoms with van der Waals surface area (Å²) in [6, 6.07) is 4.67. The molecular weight excluding hydrogens is 453 g/mol. The van der Waals surface area contributed by atoms with E-state index in [1.54, 1.807) is 24.3 Å². The second-order valence-electron chi connectivity index (χ2n) is 7.24. The van der Waals surface area contributed by atoms with Crippen LogP contribution in [-0.4, -0.2) is 41.1 Å². The van der Waals surface area contributed by atoms with Crippen LogP contribution in [0.3, 0.4) is 0 Å². The molecule has 0 spiro atoms. The molecule has 3 heterocycles. The van der Waals surface area contributed by atoms with E-state index in [-0.39, 0.29) is 23.9 Å². The zero-order valence-corrected chi connectivity index (χ0v) is 17.0. The molecule has 0 saturated carbocycles. The number of ether oxygens (including phenoxy) is 1. The summed E-state index contributed by atoms with van der Waals surface area (Å²) < 4.78 is 48.4. The van der Waals surface area contributed by atoms with Gasteiger partial charge in [0.05, 0.1) is 18.3 Å². The van der Waals surface area contributed by atoms with Crippen LogP contribution >= 0.6 is 15.9 Å². The summed E-state index contributed by atoms with van der Waals surface area (Å²) in [5.74, 6) is -0.386. The van der Waals surface area contributed by atoms with Crippen molar-refractivity contribution in [2.45, 2.75) is 43.6 Å². The van der Waals surface area contributed by atoms with Gasteiger partial charge in [-0.15, -0.1) is 0 Å². The highest BCUT2D eigenvalue weighted by molar-refractivity contribution is 9.10. The number of rotatable bonds is 4. The quantitative estimate of drug-likeness (QED) is 0.698. The topological polar surface area (TPSA) is 68.2 Å². The van der Waals surface area contributed by atoms with Crippen LogP contribution < -0.4 is 10.6 Å². The molecule has 29 heavy (non-hydrogen) atoms. The number of hydrogen-bond donors (Lipinski definition) is 2. The van der Waals surface area contributed by atoms with Gasteiger partial charge in [-0.25, -0.2) is 4.68 Å². The normalized spacial score (nSPS) is 24.1. The summed E-state index contributed by atoms with van der Waals surface area (Å²) >= 11 is 3.33. The van der Waals surface area contributed by atoms with E-state index in [9.17, 15) is 18.0 Å². The molecule has 2 aliphatic rings. The van der Waals surface area contributed by atoms with Gasteiger partial charge in [-0.05, 0) is 30.5 Å². The van der Waals surface area contributed by atoms with Gasteiger partial charge in [-0.1, -0.05) is 28.1 Å². The van der Waals surface area contributed by atoms with E-state index in [1.807, 2.05) is 0 Å². The molecule has 1 amide bonds. The maximum absolute atomic E-state index is 13.7. The molecule has 2 aliphatic heterocycles. The summed E-state index contributed by atoms with van der Waals surface area (Å²) in [5.41, 5.74) is 0.805. The first kappa shape index (κ1) is 20.2. The fourth-order valence-electron chi connectivity index (χ4n) is 3.75. The molecule has 2 aromatic rings. The third-order valence-electron chi connectivity index (χ3n) is 5.27. The molecule has 1 aromatic heterocycles. The van der Waals surface area contributed by atoms with Gasteiger partial charge in [-0.3, -0.25) is 4.79 Å². The van der Waals surface area contributed by atoms with Gasteiger partial charge in [0.1, 0.15) is 11.4 Å². The third kappa shape index (κ3) is 4.28. The molecule has 1 aromatic carbocycles. The molecule has 1 saturated heterocycles. The molecule has 10 heteroatoms. The SMILES string of the molecule is O=C(NCC1CCCO1)c1cnn2c1N[C@@H](c1ccc(Br)cc1)C[C@H]2C(F)(F)F. The molecule has 0 bridgehead atoms. The largest absolute Gasteiger partial charge is 0.410 e. The van der Waals surface area contributed by atoms with Gasteiger partial charge in [0, 0.05) is 24.0 Å². The Morgan fingerprint density at radius 1 is 1.34 bits per heavy atom. The molecular formula is C19H20BrF3N4O2. The molecule has 1 unspecified atom stereocenters. The smallest absolute Gasteiger partial charge is 0.376 e. The summed E-state index contributed by atoms with van der Waals surface area (Å²) in [6.45, 7) is 0.982. The maximum Gasteiger partial charge on any atom is 0.410 e. The number of halogens is 4. The van der Waals surface area contributed by atoms with E-state index in [4.69, 9.17) is 4.74 Å². The third-order valence-corrected chi connectivity index (χ3v) is 5.80. The molecule has 6 nitrogen and oxygen atoms in total. The number of amides is 1. The van der Waals surface area contributed by atoms with Crippen molar-refractivity contribution in [3.8, 4) is 0 Å². The van der Waals surface area contributed by atoms with Gasteiger partial charge in [0.25, 0.3) is 5.91 Å². The highest BCUT2D eigenvalue weighted by Crippen LogP contribution is 2.44. The fraction of sp³-hybridized carbons (Fsp3) is 0.474. The summed E-state index contributed by atoms with van der Waals surface area (Å²) in [6.07, 6.45) is -1.77. The standard InChI is InChI=1S/C19H20BrF3N4O2/c20-12-5-3-11(4-6-12)15-8-16(19(21,22)23)27-17(26-15)14(10-25-27)18(28)24-9-13-2-1-7-29-13/h3-6,10,13,15-16,26H,1-2,7-9H2,(H,24,28)/t13?,15-,16+/m1/s1. The average Bonchev–Trinajstić information content (AvgIpc) is 3.35. The molecule has 0 radical (unpaired) electrons. The van der Waals surface area contributed by atoms with Crippen molar-refractivity contribution in [1.82, 2.24) is 15.1 Å². The summed E-state index contributed by atoms with van der Waals surface area (Å²) in [5, 5.41) is 9.72. The van der Waals surface area contributed by atoms with E-state index < -0.39 is 24.2 Å². The Labute approximate surface area is 173 Å². The lowest BCUT2D eigenvalue weighted by atomic mass is 9.96. The first-order valence-electron chi connectivity index (χ1n) is 9.39. The number of benzene rings is 1. The average molecular weight is 473 g/mol. The number of nitrogens with one attached hydrogen (secondary N) is 2. The monoisotopic (exact) mass is 472 g/mol. The predicted molar refractivity (Wildman–Crippen MR) is 104 cm³/mol. The number of hydrogen-bond acceptors (Lipinski definition) is 4. The molecule has 156 valence electrons. The molecule has 3 atom stereocenters. The predicted octanol–water partition coefficient (Wildman–Crippen LogP) is 4.21. The van der Waals surface area contributed by atoms with E-state index in [0.29, 0.717) is 18.7 Å². The van der Waals surface area contributed by atoms with Crippen LogP contribution in [0.4, 0.5) is 19.0 Å². The van der Waals surface area contributed by atoms with Crippen LogP contribution in [0.1, 0.15) is 47.3 Å². The van der Waals surface area contributed by atoms with Gasteiger partial charge in [-0.2, -0.15) is 18.3 Å². The van der Waals surface area contributed by atoms with Crippen LogP contribution in [0.25, 0.3) is 0 Å². The second-order valence-corrected chi connectivity index (χ2v) is 8.15. The van der Waals surface area contributed by atoms with Crippen molar-refractivity contribution in [2.75, 3.05) is 18.5 Å². The number of nitrogens with zero attached hydrogens (tertiary/aromatic N) is 2. The van der Waals surface area contributed by atoms with E-state index >= 15 is 0 Å². The lowest BCUT2D eigenvalue weighted by Gasteiger charge is -2.34. The highest BCUT2D eigenvalue weighted by atomic mass is 79.9. The Kier molecular flexibility index (Phi) is 5.56. The number of aromatic nitrogens is 2. The minimum atomic E-state index is -4.48. The van der Waals surface area contributed by atoms with Crippen LogP contribution in [0.2, 0.25) is 0 Å². The minimum absolute atomic E-state index is 0.0586. The number of alkyl halides is 3. The number of anilines is 1. The van der Waals surface area contributed by atoms with Crippen molar-refractivity contribution < 1.29 is 22.7 Å². The van der Waals surface area contributed by atoms with E-state index in [1.165, 1.54) is 6.20 Å². The second kappa shape index (κ2) is 7.98. The minimum Gasteiger partial charge on any atom is -0.376 e. The first-order chi connectivity index (χ1) is 13.8. The van der Waals surface area contributed by atoms with Crippen molar-refractivity contribution >= 4 is 27.7 Å². The number of carbonyl (C=O) groups excluding carboxylic acids is 1. The van der Waals surface area contributed by atoms with E-state index in [0.717, 1.165) is 22.0 Å². The molecule has 2 N–H and O–H groups in total. The van der Waals surface area contributed by atoms with Crippen molar-refractivity contribution in [3.63, 3.8) is 0 Å². The lowest BCUT2D eigenvalue weighted by molar-refractivity contribution is -0.173. The van der Waals surface area contributed by atoms with Crippen LogP contribution in [-0.2, 0) is 4.74 Å². The zero-order valence-electron chi connectivity index (χ0n) is 15.4. The Morgan fingerprint density at radius 3 is 2.76 bits per heavy atom. The van der Waals surface area contributed by atoms with Crippen molar-refractivity contribution in [3.05, 3.63) is 46.1 Å². The van der Waals surface area contributed by atoms with Gasteiger partial charge < -0.3 is 15.4 Å². The van der Waals surface area contributed by atoms with Crippen LogP contribution in [0.15, 0.2) is 34.9 Å². The Hall–Kier alpha value is -2.07. The fourth-order valence-corrected chi connectivity index (χ4v) is 4.01. The molecule has 1 fully saturated rings. The van der Waals surface area contributed by atoms with Gasteiger partial charge >= 0.3 is 6.18 Å². The molecule has 0 aliphatic carbocycles. The van der Waals surface area contributed by atoms with Crippen LogP contribution in [0.5, 0.6) is 0 Å². The maximum atomic E-state index is 13.7. The van der Waals surface area contributed by atoms with Crippen LogP contribution in [0, 0.1) is 0 Å². The number of carbonyl (C=O) groups is 1. The Bertz CT molecular complexity index is 879. The van der Waals surface area contributed by atoms with Gasteiger partial charge in [0.2, 0.25) is 0 Å². The Balaban J connectivity index is 1.60. The van der Waals surface area contributed by atoms with E-state index in [2.05, 4.69) is 31.7 Å². The summed E-state index contributed by atoms with van der Waals surface area (Å²) in [4.78, 5) is 12.6.